The van der Waals surface area contributed by atoms with E-state index in [0.717, 1.165) is 56.0 Å². The molecule has 2 aromatic rings. The van der Waals surface area contributed by atoms with E-state index in [1.54, 1.807) is 0 Å². The number of fused-ring (bicyclic) bond motifs is 1. The monoisotopic (exact) mass is 329 g/mol. The van der Waals surface area contributed by atoms with E-state index in [1.165, 1.54) is 0 Å². The van der Waals surface area contributed by atoms with Crippen LogP contribution in [0.25, 0.3) is 11.0 Å². The van der Waals surface area contributed by atoms with Crippen LogP contribution in [0.5, 0.6) is 0 Å². The van der Waals surface area contributed by atoms with E-state index in [9.17, 15) is 4.79 Å². The summed E-state index contributed by atoms with van der Waals surface area (Å²) >= 11 is 0. The molecular weight excluding hydrogens is 302 g/mol. The highest BCUT2D eigenvalue weighted by Gasteiger charge is 2.16. The molecule has 6 nitrogen and oxygen atoms in total. The van der Waals surface area contributed by atoms with Crippen molar-refractivity contribution in [1.82, 2.24) is 24.7 Å². The second-order valence-electron chi connectivity index (χ2n) is 6.47. The lowest BCUT2D eigenvalue weighted by Crippen LogP contribution is -2.39. The molecule has 0 bridgehead atoms. The molecular formula is C18H27N5O. The Morgan fingerprint density at radius 1 is 1.21 bits per heavy atom. The Hall–Kier alpha value is -1.92. The number of hydrogen-bond acceptors (Lipinski definition) is 4. The number of aryl methyl sites for hydroxylation is 1. The van der Waals surface area contributed by atoms with Gasteiger partial charge >= 0.3 is 0 Å². The first kappa shape index (κ1) is 16.9. The van der Waals surface area contributed by atoms with Crippen LogP contribution in [0.3, 0.4) is 0 Å². The van der Waals surface area contributed by atoms with E-state index in [2.05, 4.69) is 44.7 Å². The van der Waals surface area contributed by atoms with Crippen molar-refractivity contribution in [3.8, 4) is 0 Å². The van der Waals surface area contributed by atoms with Crippen molar-refractivity contribution < 1.29 is 4.79 Å². The lowest BCUT2D eigenvalue weighted by atomic mass is 10.3. The molecule has 6 heteroatoms. The molecule has 1 N–H and O–H groups in total. The number of amides is 1. The molecule has 3 rings (SSSR count). The Morgan fingerprint density at radius 3 is 2.88 bits per heavy atom. The number of nitrogens with one attached hydrogen (secondary N) is 1. The van der Waals surface area contributed by atoms with Crippen LogP contribution < -0.4 is 5.32 Å². The molecule has 1 fully saturated rings. The molecule has 0 atom stereocenters. The lowest BCUT2D eigenvalue weighted by molar-refractivity contribution is -0.122. The van der Waals surface area contributed by atoms with Crippen molar-refractivity contribution in [3.05, 3.63) is 30.1 Å². The number of benzene rings is 1. The average molecular weight is 329 g/mol. The maximum Gasteiger partial charge on any atom is 0.234 e. The van der Waals surface area contributed by atoms with Gasteiger partial charge in [-0.2, -0.15) is 0 Å². The van der Waals surface area contributed by atoms with Crippen LogP contribution in [0, 0.1) is 0 Å². The Bertz CT molecular complexity index is 696. The Kier molecular flexibility index (Phi) is 5.48. The molecule has 0 unspecified atom stereocenters. The van der Waals surface area contributed by atoms with Gasteiger partial charge in [0.15, 0.2) is 0 Å². The number of rotatable bonds is 5. The number of imidazole rings is 1. The normalized spacial score (nSPS) is 17.1. The highest BCUT2D eigenvalue weighted by atomic mass is 16.2. The Morgan fingerprint density at radius 2 is 2.04 bits per heavy atom. The second kappa shape index (κ2) is 7.77. The van der Waals surface area contributed by atoms with Crippen molar-refractivity contribution in [3.63, 3.8) is 0 Å². The summed E-state index contributed by atoms with van der Waals surface area (Å²) in [4.78, 5) is 21.5. The summed E-state index contributed by atoms with van der Waals surface area (Å²) in [6.45, 7) is 7.99. The van der Waals surface area contributed by atoms with Gasteiger partial charge in [0.2, 0.25) is 5.91 Å². The molecule has 130 valence electrons. The third-order valence-corrected chi connectivity index (χ3v) is 4.67. The van der Waals surface area contributed by atoms with Crippen LogP contribution in [0.2, 0.25) is 0 Å². The molecule has 1 aromatic carbocycles. The SMILES string of the molecule is CCn1c(CNC(=O)CN2CCCN(C)CC2)nc2ccccc21. The van der Waals surface area contributed by atoms with Gasteiger partial charge in [-0.1, -0.05) is 12.1 Å². The van der Waals surface area contributed by atoms with Crippen LogP contribution in [0.4, 0.5) is 0 Å². The lowest BCUT2D eigenvalue weighted by Gasteiger charge is -2.19. The van der Waals surface area contributed by atoms with Crippen LogP contribution in [-0.2, 0) is 17.9 Å². The van der Waals surface area contributed by atoms with E-state index < -0.39 is 0 Å². The van der Waals surface area contributed by atoms with E-state index in [-0.39, 0.29) is 5.91 Å². The highest BCUT2D eigenvalue weighted by Crippen LogP contribution is 2.15. The summed E-state index contributed by atoms with van der Waals surface area (Å²) < 4.78 is 2.16. The fourth-order valence-electron chi connectivity index (χ4n) is 3.31. The molecule has 0 saturated carbocycles. The molecule has 1 aromatic heterocycles. The molecule has 2 heterocycles. The number of hydrogen-bond donors (Lipinski definition) is 1. The number of carbonyl (C=O) groups is 1. The smallest absolute Gasteiger partial charge is 0.234 e. The highest BCUT2D eigenvalue weighted by molar-refractivity contribution is 5.78. The first-order chi connectivity index (χ1) is 11.7. The zero-order chi connectivity index (χ0) is 16.9. The van der Waals surface area contributed by atoms with E-state index in [0.29, 0.717) is 13.1 Å². The van der Waals surface area contributed by atoms with Crippen molar-refractivity contribution >= 4 is 16.9 Å². The summed E-state index contributed by atoms with van der Waals surface area (Å²) in [5.41, 5.74) is 2.11. The molecule has 1 saturated heterocycles. The molecule has 0 aliphatic carbocycles. The van der Waals surface area contributed by atoms with E-state index >= 15 is 0 Å². The fourth-order valence-corrected chi connectivity index (χ4v) is 3.31. The number of aromatic nitrogens is 2. The second-order valence-corrected chi connectivity index (χ2v) is 6.47. The van der Waals surface area contributed by atoms with Gasteiger partial charge in [0.25, 0.3) is 0 Å². The minimum atomic E-state index is 0.0780. The summed E-state index contributed by atoms with van der Waals surface area (Å²) in [5.74, 6) is 0.997. The van der Waals surface area contributed by atoms with Gasteiger partial charge in [-0.15, -0.1) is 0 Å². The van der Waals surface area contributed by atoms with Crippen molar-refractivity contribution in [2.24, 2.45) is 0 Å². The van der Waals surface area contributed by atoms with Crippen molar-refractivity contribution in [1.29, 1.82) is 0 Å². The Labute approximate surface area is 143 Å². The fraction of sp³-hybridized carbons (Fsp3) is 0.556. The summed E-state index contributed by atoms with van der Waals surface area (Å²) in [7, 11) is 2.14. The van der Waals surface area contributed by atoms with Gasteiger partial charge in [0.1, 0.15) is 5.82 Å². The van der Waals surface area contributed by atoms with Gasteiger partial charge < -0.3 is 14.8 Å². The minimum Gasteiger partial charge on any atom is -0.348 e. The molecule has 1 aliphatic rings. The van der Waals surface area contributed by atoms with Gasteiger partial charge in [0, 0.05) is 19.6 Å². The van der Waals surface area contributed by atoms with Gasteiger partial charge in [-0.3, -0.25) is 9.69 Å². The quantitative estimate of drug-likeness (QED) is 0.899. The zero-order valence-electron chi connectivity index (χ0n) is 14.7. The van der Waals surface area contributed by atoms with Crippen LogP contribution >= 0.6 is 0 Å². The number of para-hydroxylation sites is 2. The summed E-state index contributed by atoms with van der Waals surface area (Å²) in [5, 5.41) is 3.04. The molecule has 24 heavy (non-hydrogen) atoms. The van der Waals surface area contributed by atoms with Crippen LogP contribution in [0.1, 0.15) is 19.2 Å². The molecule has 1 amide bonds. The topological polar surface area (TPSA) is 53.4 Å². The van der Waals surface area contributed by atoms with Crippen molar-refractivity contribution in [2.45, 2.75) is 26.4 Å². The predicted molar refractivity (Wildman–Crippen MR) is 95.8 cm³/mol. The third kappa shape index (κ3) is 3.94. The largest absolute Gasteiger partial charge is 0.348 e. The maximum atomic E-state index is 12.3. The van der Waals surface area contributed by atoms with E-state index in [4.69, 9.17) is 0 Å². The Balaban J connectivity index is 1.58. The first-order valence-electron chi connectivity index (χ1n) is 8.79. The van der Waals surface area contributed by atoms with Crippen LogP contribution in [-0.4, -0.2) is 65.0 Å². The van der Waals surface area contributed by atoms with Gasteiger partial charge in [0.05, 0.1) is 24.1 Å². The predicted octanol–water partition coefficient (Wildman–Crippen LogP) is 1.31. The average Bonchev–Trinajstić information content (AvgIpc) is 2.82. The van der Waals surface area contributed by atoms with E-state index in [1.807, 2.05) is 18.2 Å². The minimum absolute atomic E-state index is 0.0780. The molecule has 1 aliphatic heterocycles. The number of carbonyl (C=O) groups excluding carboxylic acids is 1. The zero-order valence-corrected chi connectivity index (χ0v) is 14.7. The molecule has 0 radical (unpaired) electrons. The van der Waals surface area contributed by atoms with Crippen LogP contribution in [0.15, 0.2) is 24.3 Å². The van der Waals surface area contributed by atoms with Gasteiger partial charge in [-0.25, -0.2) is 4.98 Å². The number of likely N-dealkylation sites (N-methyl/N-ethyl adjacent to an activating group) is 1. The first-order valence-corrected chi connectivity index (χ1v) is 8.79. The molecule has 0 spiro atoms. The third-order valence-electron chi connectivity index (χ3n) is 4.67. The maximum absolute atomic E-state index is 12.3. The van der Waals surface area contributed by atoms with Gasteiger partial charge in [-0.05, 0) is 45.6 Å². The standard InChI is InChI=1S/C18H27N5O/c1-3-23-16-8-5-4-7-15(16)20-17(23)13-19-18(24)14-22-10-6-9-21(2)11-12-22/h4-5,7-8H,3,6,9-14H2,1-2H3,(H,19,24). The number of nitrogens with zero attached hydrogens (tertiary/aromatic N) is 4. The summed E-state index contributed by atoms with van der Waals surface area (Å²) in [6, 6.07) is 8.11. The summed E-state index contributed by atoms with van der Waals surface area (Å²) in [6.07, 6.45) is 1.12. The van der Waals surface area contributed by atoms with Crippen molar-refractivity contribution in [2.75, 3.05) is 39.8 Å².